The molecule has 1 aliphatic rings. The normalized spacial score (nSPS) is 13.3. The molecular weight excluding hydrogens is 478 g/mol. The number of nitro benzene ring substituents is 1. The summed E-state index contributed by atoms with van der Waals surface area (Å²) in [5.74, 6) is 1.33. The Hall–Kier alpha value is -4.16. The smallest absolute Gasteiger partial charge is 0.289 e. The molecule has 1 N–H and O–H groups in total. The van der Waals surface area contributed by atoms with Gasteiger partial charge < -0.3 is 18.9 Å². The first-order valence-electron chi connectivity index (χ1n) is 10.5. The summed E-state index contributed by atoms with van der Waals surface area (Å²) in [7, 11) is -4.40. The molecule has 0 atom stereocenters. The van der Waals surface area contributed by atoms with Gasteiger partial charge in [0.15, 0.2) is 16.4 Å². The molecule has 4 aromatic rings. The Balaban J connectivity index is 1.58. The number of fused-ring (bicyclic) bond motifs is 2. The molecule has 11 nitrogen and oxygen atoms in total. The third-order valence-electron chi connectivity index (χ3n) is 5.52. The minimum absolute atomic E-state index is 0.142. The van der Waals surface area contributed by atoms with Gasteiger partial charge in [-0.25, -0.2) is 8.42 Å². The van der Waals surface area contributed by atoms with E-state index in [4.69, 9.17) is 13.9 Å². The summed E-state index contributed by atoms with van der Waals surface area (Å²) in [5, 5.41) is 12.1. The average molecular weight is 497 g/mol. The van der Waals surface area contributed by atoms with Crippen molar-refractivity contribution >= 4 is 26.6 Å². The largest absolute Gasteiger partial charge is 0.486 e. The fourth-order valence-corrected chi connectivity index (χ4v) is 5.40. The second-order valence-corrected chi connectivity index (χ2v) is 9.69. The van der Waals surface area contributed by atoms with Crippen LogP contribution in [0, 0.1) is 10.1 Å². The highest BCUT2D eigenvalue weighted by atomic mass is 32.2. The summed E-state index contributed by atoms with van der Waals surface area (Å²) < 4.78 is 44.6. The highest BCUT2D eigenvalue weighted by Gasteiger charge is 2.32. The maximum absolute atomic E-state index is 13.6. The maximum atomic E-state index is 13.6. The van der Waals surface area contributed by atoms with Crippen LogP contribution in [0.4, 0.5) is 5.69 Å². The lowest BCUT2D eigenvalue weighted by molar-refractivity contribution is -0.387. The highest BCUT2D eigenvalue weighted by Crippen LogP contribution is 2.34. The molecule has 2 aromatic carbocycles. The van der Waals surface area contributed by atoms with Crippen LogP contribution in [0.15, 0.2) is 75.0 Å². The Morgan fingerprint density at radius 1 is 1.00 bits per heavy atom. The van der Waals surface area contributed by atoms with Gasteiger partial charge in [-0.1, -0.05) is 12.1 Å². The van der Waals surface area contributed by atoms with E-state index in [1.165, 1.54) is 18.4 Å². The van der Waals surface area contributed by atoms with Gasteiger partial charge in [0, 0.05) is 29.6 Å². The third kappa shape index (κ3) is 4.36. The Morgan fingerprint density at radius 2 is 1.74 bits per heavy atom. The first-order chi connectivity index (χ1) is 16.8. The third-order valence-corrected chi connectivity index (χ3v) is 7.36. The molecule has 3 heterocycles. The quantitative estimate of drug-likeness (QED) is 0.303. The zero-order valence-corrected chi connectivity index (χ0v) is 19.0. The van der Waals surface area contributed by atoms with Crippen LogP contribution < -0.4 is 15.0 Å². The van der Waals surface area contributed by atoms with E-state index in [9.17, 15) is 23.3 Å². The van der Waals surface area contributed by atoms with Crippen LogP contribution in [0.2, 0.25) is 0 Å². The van der Waals surface area contributed by atoms with Crippen LogP contribution in [0.25, 0.3) is 10.9 Å². The SMILES string of the molecule is O=c1[nH]c2cc3c(cc2cc1CN(Cc1ccco1)S(=O)(=O)c1ccccc1[N+](=O)[O-])OCCO3. The van der Waals surface area contributed by atoms with Crippen molar-refractivity contribution in [2.24, 2.45) is 0 Å². The molecule has 0 fully saturated rings. The number of rotatable bonds is 7. The Kier molecular flexibility index (Phi) is 5.75. The van der Waals surface area contributed by atoms with Crippen LogP contribution in [-0.2, 0) is 23.1 Å². The summed E-state index contributed by atoms with van der Waals surface area (Å²) in [6.45, 7) is 0.195. The van der Waals surface area contributed by atoms with E-state index < -0.39 is 31.1 Å². The monoisotopic (exact) mass is 497 g/mol. The number of benzene rings is 2. The lowest BCUT2D eigenvalue weighted by atomic mass is 10.1. The predicted molar refractivity (Wildman–Crippen MR) is 124 cm³/mol. The molecule has 35 heavy (non-hydrogen) atoms. The standard InChI is InChI=1S/C23H19N3O8S/c27-23-16(10-15-11-20-21(12-18(15)24-23)34-9-8-33-20)13-25(14-17-4-3-7-32-17)35(30,31)22-6-2-1-5-19(22)26(28)29/h1-7,10-12H,8-9,13-14H2,(H,24,27). The van der Waals surface area contributed by atoms with Crippen molar-refractivity contribution in [1.29, 1.82) is 0 Å². The van der Waals surface area contributed by atoms with Gasteiger partial charge in [0.2, 0.25) is 0 Å². The van der Waals surface area contributed by atoms with Crippen LogP contribution in [0.5, 0.6) is 11.5 Å². The number of aromatic nitrogens is 1. The number of nitrogens with zero attached hydrogens (tertiary/aromatic N) is 2. The van der Waals surface area contributed by atoms with Gasteiger partial charge in [-0.2, -0.15) is 4.31 Å². The zero-order valence-electron chi connectivity index (χ0n) is 18.2. The number of hydrogen-bond acceptors (Lipinski definition) is 8. The predicted octanol–water partition coefficient (Wildman–Crippen LogP) is 3.19. The summed E-state index contributed by atoms with van der Waals surface area (Å²) in [4.78, 5) is 25.9. The molecular formula is C23H19N3O8S. The van der Waals surface area contributed by atoms with Crippen molar-refractivity contribution in [1.82, 2.24) is 9.29 Å². The zero-order chi connectivity index (χ0) is 24.6. The topological polar surface area (TPSA) is 145 Å². The second kappa shape index (κ2) is 8.89. The van der Waals surface area contributed by atoms with Crippen molar-refractivity contribution < 1.29 is 27.2 Å². The van der Waals surface area contributed by atoms with Crippen LogP contribution >= 0.6 is 0 Å². The Labute approximate surface area is 198 Å². The van der Waals surface area contributed by atoms with E-state index >= 15 is 0 Å². The van der Waals surface area contributed by atoms with Crippen molar-refractivity contribution in [3.63, 3.8) is 0 Å². The van der Waals surface area contributed by atoms with Gasteiger partial charge >= 0.3 is 0 Å². The first-order valence-corrected chi connectivity index (χ1v) is 12.0. The van der Waals surface area contributed by atoms with Crippen molar-refractivity contribution in [3.05, 3.63) is 92.7 Å². The molecule has 0 unspecified atom stereocenters. The molecule has 2 aromatic heterocycles. The summed E-state index contributed by atoms with van der Waals surface area (Å²) >= 11 is 0. The van der Waals surface area contributed by atoms with E-state index in [2.05, 4.69) is 4.98 Å². The number of pyridine rings is 1. The molecule has 5 rings (SSSR count). The molecule has 0 saturated carbocycles. The van der Waals surface area contributed by atoms with E-state index in [0.29, 0.717) is 41.4 Å². The van der Waals surface area contributed by atoms with Gasteiger partial charge in [0.05, 0.1) is 23.2 Å². The lowest BCUT2D eigenvalue weighted by Crippen LogP contribution is -2.32. The number of para-hydroxylation sites is 1. The molecule has 180 valence electrons. The van der Waals surface area contributed by atoms with E-state index in [1.807, 2.05) is 0 Å². The highest BCUT2D eigenvalue weighted by molar-refractivity contribution is 7.89. The molecule has 0 saturated heterocycles. The van der Waals surface area contributed by atoms with Gasteiger partial charge in [-0.15, -0.1) is 0 Å². The van der Waals surface area contributed by atoms with E-state index in [-0.39, 0.29) is 18.7 Å². The van der Waals surface area contributed by atoms with E-state index in [0.717, 1.165) is 16.4 Å². The average Bonchev–Trinajstić information content (AvgIpc) is 3.36. The summed E-state index contributed by atoms with van der Waals surface area (Å²) in [6, 6.07) is 13.2. The first kappa shape index (κ1) is 22.6. The second-order valence-electron chi connectivity index (χ2n) is 7.78. The molecule has 0 spiro atoms. The number of furan rings is 1. The fraction of sp³-hybridized carbons (Fsp3) is 0.174. The van der Waals surface area contributed by atoms with Gasteiger partial charge in [0.25, 0.3) is 21.3 Å². The lowest BCUT2D eigenvalue weighted by Gasteiger charge is -2.22. The molecule has 0 amide bonds. The number of nitro groups is 1. The maximum Gasteiger partial charge on any atom is 0.289 e. The number of H-pyrrole nitrogens is 1. The van der Waals surface area contributed by atoms with Gasteiger partial charge in [-0.05, 0) is 30.3 Å². The Morgan fingerprint density at radius 3 is 2.46 bits per heavy atom. The van der Waals surface area contributed by atoms with Crippen molar-refractivity contribution in [2.45, 2.75) is 18.0 Å². The minimum Gasteiger partial charge on any atom is -0.486 e. The molecule has 1 aliphatic heterocycles. The summed E-state index contributed by atoms with van der Waals surface area (Å²) in [5.41, 5.74) is -0.422. The van der Waals surface area contributed by atoms with Crippen LogP contribution in [-0.4, -0.2) is 35.8 Å². The summed E-state index contributed by atoms with van der Waals surface area (Å²) in [6.07, 6.45) is 1.39. The van der Waals surface area contributed by atoms with Gasteiger partial charge in [0.1, 0.15) is 19.0 Å². The number of nitrogens with one attached hydrogen (secondary N) is 1. The van der Waals surface area contributed by atoms with Crippen LogP contribution in [0.1, 0.15) is 11.3 Å². The van der Waals surface area contributed by atoms with Crippen LogP contribution in [0.3, 0.4) is 0 Å². The molecule has 0 bridgehead atoms. The number of aromatic amines is 1. The minimum atomic E-state index is -4.40. The number of sulfonamides is 1. The number of hydrogen-bond donors (Lipinski definition) is 1. The Bertz CT molecular complexity index is 1580. The van der Waals surface area contributed by atoms with Gasteiger partial charge in [-0.3, -0.25) is 14.9 Å². The molecule has 0 radical (unpaired) electrons. The van der Waals surface area contributed by atoms with E-state index in [1.54, 1.807) is 30.3 Å². The number of ether oxygens (including phenoxy) is 2. The van der Waals surface area contributed by atoms with Crippen molar-refractivity contribution in [2.75, 3.05) is 13.2 Å². The molecule has 12 heteroatoms. The fourth-order valence-electron chi connectivity index (χ4n) is 3.86. The molecule has 0 aliphatic carbocycles. The van der Waals surface area contributed by atoms with Crippen molar-refractivity contribution in [3.8, 4) is 11.5 Å².